The van der Waals surface area contributed by atoms with Gasteiger partial charge in [-0.25, -0.2) is 17.7 Å². The third kappa shape index (κ3) is 4.42. The molecule has 8 heteroatoms. The molecular weight excluding hydrogens is 424 g/mol. The fraction of sp³-hybridized carbons (Fsp3) is 0.167. The number of aryl methyl sites for hydroxylation is 1. The molecule has 0 bridgehead atoms. The SMILES string of the molecule is CN(C)S(=O)(=O)c1cccc(NC(=O)CCc2nc3ccccc3n2-c2ccccc2)c1. The number of carbonyl (C=O) groups is 1. The van der Waals surface area contributed by atoms with Crippen molar-refractivity contribution < 1.29 is 13.2 Å². The first kappa shape index (κ1) is 21.7. The van der Waals surface area contributed by atoms with Crippen molar-refractivity contribution in [2.75, 3.05) is 19.4 Å². The minimum Gasteiger partial charge on any atom is -0.326 e. The highest BCUT2D eigenvalue weighted by Gasteiger charge is 2.18. The van der Waals surface area contributed by atoms with Crippen molar-refractivity contribution in [2.45, 2.75) is 17.7 Å². The van der Waals surface area contributed by atoms with Crippen molar-refractivity contribution in [2.24, 2.45) is 0 Å². The summed E-state index contributed by atoms with van der Waals surface area (Å²) < 4.78 is 27.9. The maximum absolute atomic E-state index is 12.6. The maximum Gasteiger partial charge on any atom is 0.242 e. The smallest absolute Gasteiger partial charge is 0.242 e. The Morgan fingerprint density at radius 3 is 2.44 bits per heavy atom. The molecule has 3 aromatic carbocycles. The van der Waals surface area contributed by atoms with Crippen LogP contribution in [0, 0.1) is 0 Å². The van der Waals surface area contributed by atoms with E-state index in [1.165, 1.54) is 26.2 Å². The molecule has 32 heavy (non-hydrogen) atoms. The zero-order chi connectivity index (χ0) is 22.7. The van der Waals surface area contributed by atoms with Crippen molar-refractivity contribution >= 4 is 32.7 Å². The average molecular weight is 449 g/mol. The third-order valence-electron chi connectivity index (χ3n) is 5.12. The molecule has 164 valence electrons. The summed E-state index contributed by atoms with van der Waals surface area (Å²) >= 11 is 0. The first-order chi connectivity index (χ1) is 15.4. The van der Waals surface area contributed by atoms with Crippen molar-refractivity contribution in [3.8, 4) is 5.69 Å². The Kier molecular flexibility index (Phi) is 6.07. The highest BCUT2D eigenvalue weighted by atomic mass is 32.2. The van der Waals surface area contributed by atoms with Crippen LogP contribution in [0.25, 0.3) is 16.7 Å². The number of carbonyl (C=O) groups excluding carboxylic acids is 1. The molecule has 0 atom stereocenters. The minimum atomic E-state index is -3.57. The van der Waals surface area contributed by atoms with E-state index in [1.807, 2.05) is 54.6 Å². The quantitative estimate of drug-likeness (QED) is 0.465. The summed E-state index contributed by atoms with van der Waals surface area (Å²) in [6.45, 7) is 0. The lowest BCUT2D eigenvalue weighted by molar-refractivity contribution is -0.116. The van der Waals surface area contributed by atoms with Crippen LogP contribution < -0.4 is 5.32 Å². The third-order valence-corrected chi connectivity index (χ3v) is 6.93. The Morgan fingerprint density at radius 1 is 0.969 bits per heavy atom. The van der Waals surface area contributed by atoms with E-state index >= 15 is 0 Å². The molecule has 0 radical (unpaired) electrons. The molecule has 0 spiro atoms. The number of fused-ring (bicyclic) bond motifs is 1. The largest absolute Gasteiger partial charge is 0.326 e. The molecule has 1 aromatic heterocycles. The van der Waals surface area contributed by atoms with E-state index < -0.39 is 10.0 Å². The zero-order valence-electron chi connectivity index (χ0n) is 17.9. The fourth-order valence-corrected chi connectivity index (χ4v) is 4.45. The molecule has 0 aliphatic carbocycles. The van der Waals surface area contributed by atoms with Gasteiger partial charge in [-0.15, -0.1) is 0 Å². The van der Waals surface area contributed by atoms with Gasteiger partial charge < -0.3 is 5.32 Å². The van der Waals surface area contributed by atoms with E-state index in [0.29, 0.717) is 12.1 Å². The van der Waals surface area contributed by atoms with Crippen LogP contribution in [-0.2, 0) is 21.2 Å². The van der Waals surface area contributed by atoms with Crippen molar-refractivity contribution in [3.05, 3.63) is 84.7 Å². The van der Waals surface area contributed by atoms with Crippen molar-refractivity contribution in [1.29, 1.82) is 0 Å². The predicted molar refractivity (Wildman–Crippen MR) is 125 cm³/mol. The number of anilines is 1. The molecule has 7 nitrogen and oxygen atoms in total. The number of amides is 1. The van der Waals surface area contributed by atoms with Crippen LogP contribution in [-0.4, -0.2) is 42.3 Å². The Morgan fingerprint density at radius 2 is 1.69 bits per heavy atom. The topological polar surface area (TPSA) is 84.3 Å². The fourth-order valence-electron chi connectivity index (χ4n) is 3.50. The monoisotopic (exact) mass is 448 g/mol. The summed E-state index contributed by atoms with van der Waals surface area (Å²) in [4.78, 5) is 17.5. The lowest BCUT2D eigenvalue weighted by Gasteiger charge is -2.13. The number of aromatic nitrogens is 2. The van der Waals surface area contributed by atoms with E-state index in [9.17, 15) is 13.2 Å². The zero-order valence-corrected chi connectivity index (χ0v) is 18.7. The number of nitrogens with zero attached hydrogens (tertiary/aromatic N) is 3. The average Bonchev–Trinajstić information content (AvgIpc) is 3.17. The molecule has 4 rings (SSSR count). The lowest BCUT2D eigenvalue weighted by Crippen LogP contribution is -2.22. The summed E-state index contributed by atoms with van der Waals surface area (Å²) in [6.07, 6.45) is 0.645. The minimum absolute atomic E-state index is 0.131. The van der Waals surface area contributed by atoms with E-state index in [2.05, 4.69) is 9.88 Å². The van der Waals surface area contributed by atoms with Crippen LogP contribution in [0.5, 0.6) is 0 Å². The second-order valence-electron chi connectivity index (χ2n) is 7.55. The number of para-hydroxylation sites is 3. The number of hydrogen-bond donors (Lipinski definition) is 1. The summed E-state index contributed by atoms with van der Waals surface area (Å²) in [5.41, 5.74) is 3.27. The Balaban J connectivity index is 1.53. The molecule has 1 N–H and O–H groups in total. The summed E-state index contributed by atoms with van der Waals surface area (Å²) in [5.74, 6) is 0.576. The van der Waals surface area contributed by atoms with Gasteiger partial charge in [0.25, 0.3) is 0 Å². The number of benzene rings is 3. The van der Waals surface area contributed by atoms with E-state index in [0.717, 1.165) is 26.9 Å². The Bertz CT molecular complexity index is 1360. The van der Waals surface area contributed by atoms with Crippen LogP contribution in [0.3, 0.4) is 0 Å². The first-order valence-electron chi connectivity index (χ1n) is 10.2. The van der Waals surface area contributed by atoms with Crippen LogP contribution in [0.4, 0.5) is 5.69 Å². The number of rotatable bonds is 7. The highest BCUT2D eigenvalue weighted by molar-refractivity contribution is 7.89. The van der Waals surface area contributed by atoms with Gasteiger partial charge in [0.1, 0.15) is 5.82 Å². The number of imidazole rings is 1. The molecule has 0 fully saturated rings. The standard InChI is InChI=1S/C24H24N4O3S/c1-27(2)32(30,31)20-12-8-9-18(17-20)25-24(29)16-15-23-26-21-13-6-7-14-22(21)28(23)19-10-4-3-5-11-19/h3-14,17H,15-16H2,1-2H3,(H,25,29). The number of nitrogens with one attached hydrogen (secondary N) is 1. The maximum atomic E-state index is 12.6. The first-order valence-corrected chi connectivity index (χ1v) is 11.6. The molecule has 0 aliphatic rings. The molecule has 1 amide bonds. The van der Waals surface area contributed by atoms with Gasteiger partial charge in [0.05, 0.1) is 15.9 Å². The normalized spacial score (nSPS) is 11.7. The lowest BCUT2D eigenvalue weighted by atomic mass is 10.2. The van der Waals surface area contributed by atoms with Crippen molar-refractivity contribution in [3.63, 3.8) is 0 Å². The van der Waals surface area contributed by atoms with Crippen LogP contribution >= 0.6 is 0 Å². The van der Waals surface area contributed by atoms with Crippen molar-refractivity contribution in [1.82, 2.24) is 13.9 Å². The molecular formula is C24H24N4O3S. The number of sulfonamides is 1. The van der Waals surface area contributed by atoms with Gasteiger partial charge in [-0.05, 0) is 42.5 Å². The van der Waals surface area contributed by atoms with Crippen LogP contribution in [0.1, 0.15) is 12.2 Å². The van der Waals surface area contributed by atoms with Gasteiger partial charge in [-0.1, -0.05) is 36.4 Å². The number of hydrogen-bond acceptors (Lipinski definition) is 4. The van der Waals surface area contributed by atoms with Gasteiger partial charge in [-0.2, -0.15) is 0 Å². The second-order valence-corrected chi connectivity index (χ2v) is 9.70. The molecule has 4 aromatic rings. The highest BCUT2D eigenvalue weighted by Crippen LogP contribution is 2.23. The Labute approximate surface area is 187 Å². The van der Waals surface area contributed by atoms with Gasteiger partial charge in [-0.3, -0.25) is 9.36 Å². The van der Waals surface area contributed by atoms with Gasteiger partial charge in [0.15, 0.2) is 0 Å². The molecule has 0 saturated heterocycles. The van der Waals surface area contributed by atoms with Gasteiger partial charge >= 0.3 is 0 Å². The second kappa shape index (κ2) is 8.94. The summed E-state index contributed by atoms with van der Waals surface area (Å²) in [7, 11) is -0.630. The molecule has 0 aliphatic heterocycles. The van der Waals surface area contributed by atoms with E-state index in [-0.39, 0.29) is 17.2 Å². The Hall–Kier alpha value is -3.49. The van der Waals surface area contributed by atoms with Gasteiger partial charge in [0.2, 0.25) is 15.9 Å². The van der Waals surface area contributed by atoms with Crippen LogP contribution in [0.2, 0.25) is 0 Å². The van der Waals surface area contributed by atoms with E-state index in [4.69, 9.17) is 4.98 Å². The molecule has 1 heterocycles. The van der Waals surface area contributed by atoms with Crippen LogP contribution in [0.15, 0.2) is 83.8 Å². The summed E-state index contributed by atoms with van der Waals surface area (Å²) in [5, 5.41) is 2.80. The predicted octanol–water partition coefficient (Wildman–Crippen LogP) is 3.85. The molecule has 0 saturated carbocycles. The van der Waals surface area contributed by atoms with E-state index in [1.54, 1.807) is 12.1 Å². The van der Waals surface area contributed by atoms with Gasteiger partial charge in [0, 0.05) is 38.3 Å². The summed E-state index contributed by atoms with van der Waals surface area (Å²) in [6, 6.07) is 24.0. The molecule has 0 unspecified atom stereocenters.